The molecule has 0 radical (unpaired) electrons. The molecule has 1 aliphatic rings. The van der Waals surface area contributed by atoms with E-state index in [0.717, 1.165) is 0 Å². The molecule has 1 aliphatic heterocycles. The lowest BCUT2D eigenvalue weighted by Crippen LogP contribution is -2.00. The Kier molecular flexibility index (Phi) is 2.46. The average molecular weight is 282 g/mol. The van der Waals surface area contributed by atoms with Crippen molar-refractivity contribution in [2.45, 2.75) is 0 Å². The second kappa shape index (κ2) is 3.86. The number of aromatic nitrogens is 2. The van der Waals surface area contributed by atoms with Gasteiger partial charge in [-0.2, -0.15) is 0 Å². The van der Waals surface area contributed by atoms with E-state index in [2.05, 4.69) is 9.97 Å². The van der Waals surface area contributed by atoms with Gasteiger partial charge in [0.15, 0.2) is 0 Å². The van der Waals surface area contributed by atoms with Crippen molar-refractivity contribution in [3.05, 3.63) is 45.3 Å². The molecular weight excluding hydrogens is 276 g/mol. The summed E-state index contributed by atoms with van der Waals surface area (Å²) in [5.74, 6) is 0. The zero-order valence-electron chi connectivity index (χ0n) is 8.40. The monoisotopic (exact) mass is 282 g/mol. The number of hydrogen-bond acceptors (Lipinski definition) is 6. The van der Waals surface area contributed by atoms with Gasteiger partial charge in [-0.25, -0.2) is 8.42 Å². The van der Waals surface area contributed by atoms with Crippen molar-refractivity contribution in [2.75, 3.05) is 0 Å². The Morgan fingerprint density at radius 2 is 1.35 bits per heavy atom. The predicted molar refractivity (Wildman–Crippen MR) is 69.1 cm³/mol. The standard InChI is InChI=1S/C10H6N2O2S3/c13-17(14)9(7-3-11-5-15-7)1-2-10(17)8-4-12-6-16-8/h1-6H. The maximum atomic E-state index is 12.3. The van der Waals surface area contributed by atoms with Gasteiger partial charge < -0.3 is 0 Å². The average Bonchev–Trinajstić information content (AvgIpc) is 2.96. The second-order valence-electron chi connectivity index (χ2n) is 3.30. The van der Waals surface area contributed by atoms with E-state index in [1.165, 1.54) is 22.7 Å². The molecule has 0 bridgehead atoms. The molecule has 7 heteroatoms. The fourth-order valence-corrected chi connectivity index (χ4v) is 4.95. The lowest BCUT2D eigenvalue weighted by molar-refractivity contribution is 0.615. The molecule has 0 atom stereocenters. The number of allylic oxidation sites excluding steroid dienone is 2. The van der Waals surface area contributed by atoms with Crippen LogP contribution in [0.2, 0.25) is 0 Å². The van der Waals surface area contributed by atoms with E-state index in [-0.39, 0.29) is 0 Å². The number of hydrogen-bond donors (Lipinski definition) is 0. The summed E-state index contributed by atoms with van der Waals surface area (Å²) in [4.78, 5) is 9.78. The summed E-state index contributed by atoms with van der Waals surface area (Å²) in [6, 6.07) is 0. The molecule has 0 saturated heterocycles. The summed E-state index contributed by atoms with van der Waals surface area (Å²) in [5, 5.41) is 0. The van der Waals surface area contributed by atoms with E-state index >= 15 is 0 Å². The first-order chi connectivity index (χ1) is 8.19. The quantitative estimate of drug-likeness (QED) is 0.848. The number of nitrogens with zero attached hydrogens (tertiary/aromatic N) is 2. The van der Waals surface area contributed by atoms with E-state index in [9.17, 15) is 8.42 Å². The number of sulfone groups is 1. The van der Waals surface area contributed by atoms with Gasteiger partial charge in [-0.3, -0.25) is 9.97 Å². The fraction of sp³-hybridized carbons (Fsp3) is 0. The van der Waals surface area contributed by atoms with Gasteiger partial charge in [-0.05, 0) is 12.2 Å². The van der Waals surface area contributed by atoms with Gasteiger partial charge in [0.25, 0.3) is 0 Å². The SMILES string of the molecule is O=S1(=O)C(c2cncs2)=CC=C1c1cncs1. The summed E-state index contributed by atoms with van der Waals surface area (Å²) in [7, 11) is -3.41. The van der Waals surface area contributed by atoms with Crippen LogP contribution in [0.15, 0.2) is 35.6 Å². The van der Waals surface area contributed by atoms with Crippen LogP contribution in [0.3, 0.4) is 0 Å². The van der Waals surface area contributed by atoms with Gasteiger partial charge in [-0.1, -0.05) is 0 Å². The highest BCUT2D eigenvalue weighted by Gasteiger charge is 2.31. The first-order valence-electron chi connectivity index (χ1n) is 4.64. The van der Waals surface area contributed by atoms with Crippen LogP contribution in [0.25, 0.3) is 9.81 Å². The molecule has 17 heavy (non-hydrogen) atoms. The zero-order valence-corrected chi connectivity index (χ0v) is 10.8. The summed E-state index contributed by atoms with van der Waals surface area (Å²) in [5.41, 5.74) is 3.24. The van der Waals surface area contributed by atoms with E-state index in [1.54, 1.807) is 35.6 Å². The van der Waals surface area contributed by atoms with Crippen molar-refractivity contribution in [1.29, 1.82) is 0 Å². The number of thiazole rings is 2. The van der Waals surface area contributed by atoms with Crippen LogP contribution in [0.1, 0.15) is 9.75 Å². The van der Waals surface area contributed by atoms with Crippen LogP contribution in [0.4, 0.5) is 0 Å². The molecule has 3 rings (SSSR count). The summed E-state index contributed by atoms with van der Waals surface area (Å²) in [6.45, 7) is 0. The summed E-state index contributed by atoms with van der Waals surface area (Å²) >= 11 is 2.64. The highest BCUT2D eigenvalue weighted by Crippen LogP contribution is 2.39. The minimum Gasteiger partial charge on any atom is -0.252 e. The van der Waals surface area contributed by atoms with Crippen LogP contribution in [0, 0.1) is 0 Å². The Morgan fingerprint density at radius 1 is 0.882 bits per heavy atom. The second-order valence-corrected chi connectivity index (χ2v) is 6.96. The summed E-state index contributed by atoms with van der Waals surface area (Å²) in [6.07, 6.45) is 6.38. The van der Waals surface area contributed by atoms with Crippen LogP contribution in [-0.4, -0.2) is 18.4 Å². The van der Waals surface area contributed by atoms with Crippen molar-refractivity contribution < 1.29 is 8.42 Å². The zero-order chi connectivity index (χ0) is 11.9. The lowest BCUT2D eigenvalue weighted by Gasteiger charge is -2.02. The molecule has 0 fully saturated rings. The van der Waals surface area contributed by atoms with E-state index in [0.29, 0.717) is 19.6 Å². The minimum atomic E-state index is -3.41. The molecule has 0 saturated carbocycles. The van der Waals surface area contributed by atoms with Crippen LogP contribution in [-0.2, 0) is 9.84 Å². The molecule has 2 aromatic heterocycles. The molecule has 0 aromatic carbocycles. The number of rotatable bonds is 2. The van der Waals surface area contributed by atoms with E-state index < -0.39 is 9.84 Å². The maximum absolute atomic E-state index is 12.3. The maximum Gasteiger partial charge on any atom is 0.209 e. The third-order valence-corrected chi connectivity index (χ3v) is 6.06. The van der Waals surface area contributed by atoms with Gasteiger partial charge in [0, 0.05) is 12.4 Å². The first kappa shape index (κ1) is 10.8. The molecule has 0 unspecified atom stereocenters. The van der Waals surface area contributed by atoms with Crippen molar-refractivity contribution in [1.82, 2.24) is 9.97 Å². The lowest BCUT2D eigenvalue weighted by atomic mass is 10.4. The fourth-order valence-electron chi connectivity index (χ4n) is 1.55. The first-order valence-corrected chi connectivity index (χ1v) is 7.88. The molecule has 0 aliphatic carbocycles. The largest absolute Gasteiger partial charge is 0.252 e. The van der Waals surface area contributed by atoms with Crippen molar-refractivity contribution >= 4 is 42.3 Å². The predicted octanol–water partition coefficient (Wildman–Crippen LogP) is 2.41. The van der Waals surface area contributed by atoms with Crippen molar-refractivity contribution in [3.63, 3.8) is 0 Å². The Labute approximate surface area is 106 Å². The van der Waals surface area contributed by atoms with Crippen LogP contribution in [0.5, 0.6) is 0 Å². The van der Waals surface area contributed by atoms with E-state index in [4.69, 9.17) is 0 Å². The highest BCUT2D eigenvalue weighted by atomic mass is 32.2. The normalized spacial score (nSPS) is 17.9. The van der Waals surface area contributed by atoms with Gasteiger partial charge in [0.05, 0.1) is 30.6 Å². The molecule has 0 amide bonds. The minimum absolute atomic E-state index is 0.323. The highest BCUT2D eigenvalue weighted by molar-refractivity contribution is 8.09. The van der Waals surface area contributed by atoms with Crippen LogP contribution >= 0.6 is 22.7 Å². The smallest absolute Gasteiger partial charge is 0.209 e. The molecule has 0 N–H and O–H groups in total. The van der Waals surface area contributed by atoms with Crippen molar-refractivity contribution in [2.24, 2.45) is 0 Å². The van der Waals surface area contributed by atoms with Gasteiger partial charge in [0.2, 0.25) is 9.84 Å². The van der Waals surface area contributed by atoms with Gasteiger partial charge in [-0.15, -0.1) is 22.7 Å². The van der Waals surface area contributed by atoms with Gasteiger partial charge in [0.1, 0.15) is 0 Å². The molecule has 2 aromatic rings. The summed E-state index contributed by atoms with van der Waals surface area (Å²) < 4.78 is 24.6. The third kappa shape index (κ3) is 1.67. The Balaban J connectivity index is 2.07. The topological polar surface area (TPSA) is 59.9 Å². The third-order valence-electron chi connectivity index (χ3n) is 2.32. The Hall–Kier alpha value is -1.31. The Bertz CT molecular complexity index is 639. The van der Waals surface area contributed by atoms with Crippen LogP contribution < -0.4 is 0 Å². The molecule has 86 valence electrons. The molecule has 0 spiro atoms. The van der Waals surface area contributed by atoms with Gasteiger partial charge >= 0.3 is 0 Å². The van der Waals surface area contributed by atoms with Crippen molar-refractivity contribution in [3.8, 4) is 0 Å². The molecular formula is C10H6N2O2S3. The molecule has 4 nitrogen and oxygen atoms in total. The van der Waals surface area contributed by atoms with E-state index in [1.807, 2.05) is 0 Å². The Morgan fingerprint density at radius 3 is 1.71 bits per heavy atom. The molecule has 3 heterocycles.